The largest absolute Gasteiger partial charge is 0.468 e. The molecule has 2 N–H and O–H groups in total. The summed E-state index contributed by atoms with van der Waals surface area (Å²) in [5.41, 5.74) is 5.00. The molecule has 17 heavy (non-hydrogen) atoms. The SMILES string of the molecule is COC(=O)C(C)(N)CN(C)CCN1CCCC1. The van der Waals surface area contributed by atoms with Crippen LogP contribution in [0.2, 0.25) is 0 Å². The molecule has 0 aromatic rings. The summed E-state index contributed by atoms with van der Waals surface area (Å²) in [7, 11) is 3.36. The van der Waals surface area contributed by atoms with Crippen molar-refractivity contribution in [1.82, 2.24) is 9.80 Å². The molecule has 1 saturated heterocycles. The average molecular weight is 243 g/mol. The minimum absolute atomic E-state index is 0.356. The van der Waals surface area contributed by atoms with Crippen LogP contribution in [0.4, 0.5) is 0 Å². The zero-order valence-electron chi connectivity index (χ0n) is 11.2. The lowest BCUT2D eigenvalue weighted by Gasteiger charge is -2.28. The van der Waals surface area contributed by atoms with Gasteiger partial charge in [0, 0.05) is 19.6 Å². The lowest BCUT2D eigenvalue weighted by molar-refractivity contribution is -0.147. The van der Waals surface area contributed by atoms with Crippen molar-refractivity contribution in [2.45, 2.75) is 25.3 Å². The fourth-order valence-electron chi connectivity index (χ4n) is 2.26. The van der Waals surface area contributed by atoms with E-state index in [0.717, 1.165) is 13.1 Å². The Morgan fingerprint density at radius 1 is 1.47 bits per heavy atom. The highest BCUT2D eigenvalue weighted by Crippen LogP contribution is 2.08. The molecule has 0 spiro atoms. The number of carbonyl (C=O) groups excluding carboxylic acids is 1. The number of rotatable bonds is 6. The van der Waals surface area contributed by atoms with E-state index in [9.17, 15) is 4.79 Å². The van der Waals surface area contributed by atoms with Crippen LogP contribution in [0.25, 0.3) is 0 Å². The average Bonchev–Trinajstić information content (AvgIpc) is 2.77. The summed E-state index contributed by atoms with van der Waals surface area (Å²) in [6, 6.07) is 0. The molecule has 0 saturated carbocycles. The van der Waals surface area contributed by atoms with Crippen LogP contribution in [-0.4, -0.2) is 68.2 Å². The van der Waals surface area contributed by atoms with E-state index in [1.54, 1.807) is 6.92 Å². The van der Waals surface area contributed by atoms with Crippen molar-refractivity contribution < 1.29 is 9.53 Å². The minimum atomic E-state index is -0.922. The molecule has 1 aliphatic heterocycles. The quantitative estimate of drug-likeness (QED) is 0.660. The van der Waals surface area contributed by atoms with Gasteiger partial charge in [-0.1, -0.05) is 0 Å². The molecule has 5 heteroatoms. The number of hydrogen-bond acceptors (Lipinski definition) is 5. The molecule has 100 valence electrons. The number of esters is 1. The summed E-state index contributed by atoms with van der Waals surface area (Å²) in [6.45, 7) is 6.62. The smallest absolute Gasteiger partial charge is 0.326 e. The second-order valence-corrected chi connectivity index (χ2v) is 5.20. The maximum Gasteiger partial charge on any atom is 0.326 e. The van der Waals surface area contributed by atoms with Gasteiger partial charge < -0.3 is 20.3 Å². The number of methoxy groups -OCH3 is 1. The fraction of sp³-hybridized carbons (Fsp3) is 0.917. The summed E-state index contributed by atoms with van der Waals surface area (Å²) in [5.74, 6) is -0.356. The Morgan fingerprint density at radius 3 is 2.59 bits per heavy atom. The highest BCUT2D eigenvalue weighted by molar-refractivity contribution is 5.80. The molecule has 1 atom stereocenters. The first-order valence-electron chi connectivity index (χ1n) is 6.24. The Labute approximate surface area is 104 Å². The van der Waals surface area contributed by atoms with E-state index in [0.29, 0.717) is 6.54 Å². The monoisotopic (exact) mass is 243 g/mol. The van der Waals surface area contributed by atoms with Gasteiger partial charge in [-0.2, -0.15) is 0 Å². The van der Waals surface area contributed by atoms with Crippen molar-refractivity contribution in [3.8, 4) is 0 Å². The highest BCUT2D eigenvalue weighted by atomic mass is 16.5. The molecule has 1 aliphatic rings. The van der Waals surface area contributed by atoms with E-state index in [1.807, 2.05) is 7.05 Å². The van der Waals surface area contributed by atoms with Gasteiger partial charge >= 0.3 is 5.97 Å². The van der Waals surface area contributed by atoms with Gasteiger partial charge in [0.1, 0.15) is 5.54 Å². The van der Waals surface area contributed by atoms with Gasteiger partial charge in [-0.05, 0) is 39.9 Å². The van der Waals surface area contributed by atoms with Crippen molar-refractivity contribution in [3.05, 3.63) is 0 Å². The van der Waals surface area contributed by atoms with Crippen molar-refractivity contribution in [3.63, 3.8) is 0 Å². The Kier molecular flexibility index (Phi) is 5.36. The van der Waals surface area contributed by atoms with Gasteiger partial charge in [0.25, 0.3) is 0 Å². The maximum absolute atomic E-state index is 11.4. The molecule has 0 bridgehead atoms. The summed E-state index contributed by atoms with van der Waals surface area (Å²) in [5, 5.41) is 0. The molecule has 1 heterocycles. The van der Waals surface area contributed by atoms with Gasteiger partial charge in [-0.3, -0.25) is 4.79 Å². The number of nitrogens with zero attached hydrogens (tertiary/aromatic N) is 2. The first kappa shape index (κ1) is 14.4. The van der Waals surface area contributed by atoms with Crippen molar-refractivity contribution in [1.29, 1.82) is 0 Å². The van der Waals surface area contributed by atoms with Gasteiger partial charge in [0.15, 0.2) is 0 Å². The van der Waals surface area contributed by atoms with Crippen molar-refractivity contribution in [2.75, 3.05) is 46.9 Å². The predicted molar refractivity (Wildman–Crippen MR) is 67.8 cm³/mol. The van der Waals surface area contributed by atoms with Crippen LogP contribution in [0.15, 0.2) is 0 Å². The third-order valence-corrected chi connectivity index (χ3v) is 3.25. The summed E-state index contributed by atoms with van der Waals surface area (Å²) in [6.07, 6.45) is 2.61. The van der Waals surface area contributed by atoms with E-state index in [4.69, 9.17) is 10.5 Å². The number of nitrogens with two attached hydrogens (primary N) is 1. The van der Waals surface area contributed by atoms with Gasteiger partial charge in [-0.25, -0.2) is 0 Å². The number of carbonyl (C=O) groups is 1. The van der Waals surface area contributed by atoms with Crippen LogP contribution in [-0.2, 0) is 9.53 Å². The van der Waals surface area contributed by atoms with E-state index in [2.05, 4.69) is 9.80 Å². The van der Waals surface area contributed by atoms with E-state index in [-0.39, 0.29) is 5.97 Å². The number of ether oxygens (including phenoxy) is 1. The Bertz CT molecular complexity index is 250. The fourth-order valence-corrected chi connectivity index (χ4v) is 2.26. The molecule has 0 aromatic heterocycles. The second-order valence-electron chi connectivity index (χ2n) is 5.20. The van der Waals surface area contributed by atoms with Crippen molar-refractivity contribution in [2.24, 2.45) is 5.73 Å². The van der Waals surface area contributed by atoms with Crippen molar-refractivity contribution >= 4 is 5.97 Å². The molecule has 5 nitrogen and oxygen atoms in total. The lowest BCUT2D eigenvalue weighted by atomic mass is 10.0. The van der Waals surface area contributed by atoms with E-state index < -0.39 is 5.54 Å². The molecule has 0 aliphatic carbocycles. The van der Waals surface area contributed by atoms with Crippen LogP contribution in [0.5, 0.6) is 0 Å². The zero-order valence-corrected chi connectivity index (χ0v) is 11.2. The Balaban J connectivity index is 2.27. The van der Waals surface area contributed by atoms with Crippen LogP contribution in [0.1, 0.15) is 19.8 Å². The molecular formula is C12H25N3O2. The van der Waals surface area contributed by atoms with E-state index in [1.165, 1.54) is 33.0 Å². The minimum Gasteiger partial charge on any atom is -0.468 e. The number of likely N-dealkylation sites (N-methyl/N-ethyl adjacent to an activating group) is 1. The van der Waals surface area contributed by atoms with Crippen LogP contribution >= 0.6 is 0 Å². The Hall–Kier alpha value is -0.650. The molecule has 0 amide bonds. The summed E-state index contributed by atoms with van der Waals surface area (Å²) in [4.78, 5) is 16.0. The first-order chi connectivity index (χ1) is 7.95. The second kappa shape index (κ2) is 6.33. The van der Waals surface area contributed by atoms with Crippen LogP contribution < -0.4 is 5.73 Å². The first-order valence-corrected chi connectivity index (χ1v) is 6.24. The lowest BCUT2D eigenvalue weighted by Crippen LogP contribution is -2.54. The summed E-state index contributed by atoms with van der Waals surface area (Å²) >= 11 is 0. The van der Waals surface area contributed by atoms with E-state index >= 15 is 0 Å². The number of hydrogen-bond donors (Lipinski definition) is 1. The van der Waals surface area contributed by atoms with Gasteiger partial charge in [-0.15, -0.1) is 0 Å². The zero-order chi connectivity index (χ0) is 12.9. The maximum atomic E-state index is 11.4. The third-order valence-electron chi connectivity index (χ3n) is 3.25. The standard InChI is InChI=1S/C12H25N3O2/c1-12(13,11(16)17-3)10-14(2)8-9-15-6-4-5-7-15/h4-10,13H2,1-3H3. The predicted octanol–water partition coefficient (Wildman–Crippen LogP) is -0.0956. The molecule has 0 aromatic carbocycles. The molecule has 0 radical (unpaired) electrons. The molecular weight excluding hydrogens is 218 g/mol. The summed E-state index contributed by atoms with van der Waals surface area (Å²) < 4.78 is 4.69. The topological polar surface area (TPSA) is 58.8 Å². The molecule has 1 fully saturated rings. The normalized spacial score (nSPS) is 20.5. The van der Waals surface area contributed by atoms with Crippen LogP contribution in [0.3, 0.4) is 0 Å². The number of likely N-dealkylation sites (tertiary alicyclic amines) is 1. The van der Waals surface area contributed by atoms with Crippen LogP contribution in [0, 0.1) is 0 Å². The highest BCUT2D eigenvalue weighted by Gasteiger charge is 2.30. The van der Waals surface area contributed by atoms with Gasteiger partial charge in [0.2, 0.25) is 0 Å². The third kappa shape index (κ3) is 4.61. The molecule has 1 unspecified atom stereocenters. The Morgan fingerprint density at radius 2 is 2.06 bits per heavy atom. The van der Waals surface area contributed by atoms with Gasteiger partial charge in [0.05, 0.1) is 7.11 Å². The molecule has 1 rings (SSSR count).